The summed E-state index contributed by atoms with van der Waals surface area (Å²) >= 11 is 0. The second-order valence-electron chi connectivity index (χ2n) is 8.95. The highest BCUT2D eigenvalue weighted by molar-refractivity contribution is 5.93. The molecular formula is C23H29N3O2. The first-order valence-corrected chi connectivity index (χ1v) is 10.0. The first kappa shape index (κ1) is 18.9. The number of fused-ring (bicyclic) bond motifs is 1. The van der Waals surface area contributed by atoms with Crippen LogP contribution in [0.1, 0.15) is 48.5 Å². The molecule has 0 spiro atoms. The summed E-state index contributed by atoms with van der Waals surface area (Å²) in [5, 5.41) is 0. The lowest BCUT2D eigenvalue weighted by molar-refractivity contribution is -0.119. The molecule has 0 radical (unpaired) electrons. The molecule has 5 heteroatoms. The molecule has 3 heterocycles. The standard InChI is InChI=1S/C23H29N3O2/c1-23(2,3)20-15-26(14-19(28-20)16-8-6-5-7-9-16)22(27)18-11-10-17-12-13-25(4)21(17)24-18/h5-11,19-20H,12-15H2,1-4H3/t19-,20+/m0/s1. The molecule has 2 aliphatic heterocycles. The Morgan fingerprint density at radius 3 is 2.57 bits per heavy atom. The third-order valence-corrected chi connectivity index (χ3v) is 5.78. The summed E-state index contributed by atoms with van der Waals surface area (Å²) < 4.78 is 6.42. The Morgan fingerprint density at radius 2 is 1.86 bits per heavy atom. The van der Waals surface area contributed by atoms with Crippen LogP contribution in [0.5, 0.6) is 0 Å². The molecule has 148 valence electrons. The van der Waals surface area contributed by atoms with Crippen molar-refractivity contribution in [1.82, 2.24) is 9.88 Å². The van der Waals surface area contributed by atoms with Gasteiger partial charge in [0.2, 0.25) is 0 Å². The van der Waals surface area contributed by atoms with Crippen LogP contribution < -0.4 is 4.90 Å². The smallest absolute Gasteiger partial charge is 0.272 e. The lowest BCUT2D eigenvalue weighted by Crippen LogP contribution is -2.51. The first-order chi connectivity index (χ1) is 13.3. The van der Waals surface area contributed by atoms with Crippen molar-refractivity contribution in [2.24, 2.45) is 5.41 Å². The van der Waals surface area contributed by atoms with Gasteiger partial charge < -0.3 is 14.5 Å². The molecular weight excluding hydrogens is 350 g/mol. The molecule has 2 atom stereocenters. The maximum absolute atomic E-state index is 13.3. The number of anilines is 1. The summed E-state index contributed by atoms with van der Waals surface area (Å²) in [5.74, 6) is 0.924. The highest BCUT2D eigenvalue weighted by Gasteiger charge is 2.38. The molecule has 1 fully saturated rings. The van der Waals surface area contributed by atoms with E-state index in [-0.39, 0.29) is 23.5 Å². The van der Waals surface area contributed by atoms with E-state index in [0.717, 1.165) is 24.3 Å². The fourth-order valence-corrected chi connectivity index (χ4v) is 3.93. The number of hydrogen-bond acceptors (Lipinski definition) is 4. The number of amides is 1. The number of carbonyl (C=O) groups excluding carboxylic acids is 1. The van der Waals surface area contributed by atoms with Gasteiger partial charge >= 0.3 is 0 Å². The second kappa shape index (κ2) is 7.21. The molecule has 4 rings (SSSR count). The number of hydrogen-bond donors (Lipinski definition) is 0. The van der Waals surface area contributed by atoms with Crippen LogP contribution in [0, 0.1) is 5.41 Å². The van der Waals surface area contributed by atoms with Crippen LogP contribution in [-0.4, -0.2) is 48.6 Å². The van der Waals surface area contributed by atoms with Gasteiger partial charge in [-0.05, 0) is 29.0 Å². The Kier molecular flexibility index (Phi) is 4.88. The minimum Gasteiger partial charge on any atom is -0.366 e. The van der Waals surface area contributed by atoms with E-state index in [9.17, 15) is 4.79 Å². The van der Waals surface area contributed by atoms with Gasteiger partial charge in [0.1, 0.15) is 17.6 Å². The fourth-order valence-electron chi connectivity index (χ4n) is 3.93. The summed E-state index contributed by atoms with van der Waals surface area (Å²) in [5.41, 5.74) is 2.79. The predicted molar refractivity (Wildman–Crippen MR) is 111 cm³/mol. The Balaban J connectivity index is 1.62. The topological polar surface area (TPSA) is 45.7 Å². The molecule has 0 aliphatic carbocycles. The third kappa shape index (κ3) is 3.63. The van der Waals surface area contributed by atoms with E-state index in [0.29, 0.717) is 18.8 Å². The third-order valence-electron chi connectivity index (χ3n) is 5.78. The molecule has 1 aromatic carbocycles. The molecule has 28 heavy (non-hydrogen) atoms. The quantitative estimate of drug-likeness (QED) is 0.798. The number of pyridine rings is 1. The van der Waals surface area contributed by atoms with E-state index in [1.54, 1.807) is 0 Å². The minimum absolute atomic E-state index is 0.0124. The lowest BCUT2D eigenvalue weighted by Gasteiger charge is -2.43. The van der Waals surface area contributed by atoms with Crippen LogP contribution in [0.15, 0.2) is 42.5 Å². The van der Waals surface area contributed by atoms with Gasteiger partial charge in [-0.2, -0.15) is 0 Å². The van der Waals surface area contributed by atoms with Crippen LogP contribution in [0.4, 0.5) is 5.82 Å². The van der Waals surface area contributed by atoms with Crippen LogP contribution in [0.2, 0.25) is 0 Å². The van der Waals surface area contributed by atoms with Crippen LogP contribution in [0.3, 0.4) is 0 Å². The number of nitrogens with zero attached hydrogens (tertiary/aromatic N) is 3. The summed E-state index contributed by atoms with van der Waals surface area (Å²) in [6.45, 7) is 8.58. The van der Waals surface area contributed by atoms with Crippen molar-refractivity contribution in [3.05, 3.63) is 59.3 Å². The lowest BCUT2D eigenvalue weighted by atomic mass is 9.87. The van der Waals surface area contributed by atoms with E-state index in [1.165, 1.54) is 5.56 Å². The zero-order chi connectivity index (χ0) is 19.9. The molecule has 1 aromatic heterocycles. The van der Waals surface area contributed by atoms with Gasteiger partial charge in [-0.1, -0.05) is 57.2 Å². The van der Waals surface area contributed by atoms with Crippen molar-refractivity contribution >= 4 is 11.7 Å². The minimum atomic E-state index is -0.125. The molecule has 2 aromatic rings. The second-order valence-corrected chi connectivity index (χ2v) is 8.95. The van der Waals surface area contributed by atoms with Crippen molar-refractivity contribution < 1.29 is 9.53 Å². The van der Waals surface area contributed by atoms with E-state index in [1.807, 2.05) is 36.2 Å². The van der Waals surface area contributed by atoms with Gasteiger partial charge in [0.15, 0.2) is 0 Å². The molecule has 5 nitrogen and oxygen atoms in total. The van der Waals surface area contributed by atoms with E-state index in [2.05, 4.69) is 48.9 Å². The number of benzene rings is 1. The van der Waals surface area contributed by atoms with Gasteiger partial charge in [-0.15, -0.1) is 0 Å². The molecule has 0 saturated carbocycles. The monoisotopic (exact) mass is 379 g/mol. The summed E-state index contributed by atoms with van der Waals surface area (Å²) in [6, 6.07) is 14.1. The Bertz CT molecular complexity index is 860. The van der Waals surface area contributed by atoms with Crippen molar-refractivity contribution in [3.8, 4) is 0 Å². The summed E-state index contributed by atoms with van der Waals surface area (Å²) in [4.78, 5) is 22.1. The van der Waals surface area contributed by atoms with Crippen molar-refractivity contribution in [2.75, 3.05) is 31.6 Å². The number of morpholine rings is 1. The zero-order valence-electron chi connectivity index (χ0n) is 17.2. The van der Waals surface area contributed by atoms with Crippen LogP contribution in [0.25, 0.3) is 0 Å². The largest absolute Gasteiger partial charge is 0.366 e. The van der Waals surface area contributed by atoms with E-state index in [4.69, 9.17) is 4.74 Å². The maximum atomic E-state index is 13.3. The van der Waals surface area contributed by atoms with Crippen LogP contribution in [-0.2, 0) is 11.2 Å². The predicted octanol–water partition coefficient (Wildman–Crippen LogP) is 3.70. The zero-order valence-corrected chi connectivity index (χ0v) is 17.2. The number of rotatable bonds is 2. The van der Waals surface area contributed by atoms with E-state index < -0.39 is 0 Å². The van der Waals surface area contributed by atoms with E-state index >= 15 is 0 Å². The summed E-state index contributed by atoms with van der Waals surface area (Å²) in [6.07, 6.45) is 0.834. The SMILES string of the molecule is CN1CCc2ccc(C(=O)N3C[C@@H](c4ccccc4)O[C@@H](C(C)(C)C)C3)nc21. The maximum Gasteiger partial charge on any atom is 0.272 e. The normalized spacial score (nSPS) is 22.3. The Labute approximate surface area is 167 Å². The Hall–Kier alpha value is -2.40. The fraction of sp³-hybridized carbons (Fsp3) is 0.478. The van der Waals surface area contributed by atoms with Gasteiger partial charge in [0.25, 0.3) is 5.91 Å². The average molecular weight is 380 g/mol. The van der Waals surface area contributed by atoms with Gasteiger partial charge in [-0.25, -0.2) is 4.98 Å². The van der Waals surface area contributed by atoms with Crippen molar-refractivity contribution in [3.63, 3.8) is 0 Å². The molecule has 2 aliphatic rings. The molecule has 1 amide bonds. The summed E-state index contributed by atoms with van der Waals surface area (Å²) in [7, 11) is 2.03. The number of ether oxygens (including phenoxy) is 1. The molecule has 1 saturated heterocycles. The average Bonchev–Trinajstić information content (AvgIpc) is 3.07. The van der Waals surface area contributed by atoms with Crippen molar-refractivity contribution in [2.45, 2.75) is 39.4 Å². The molecule has 0 bridgehead atoms. The highest BCUT2D eigenvalue weighted by Crippen LogP contribution is 2.34. The van der Waals surface area contributed by atoms with Crippen molar-refractivity contribution in [1.29, 1.82) is 0 Å². The van der Waals surface area contributed by atoms with Gasteiger partial charge in [0, 0.05) is 20.1 Å². The first-order valence-electron chi connectivity index (χ1n) is 10.0. The number of aromatic nitrogens is 1. The highest BCUT2D eigenvalue weighted by atomic mass is 16.5. The van der Waals surface area contributed by atoms with Gasteiger partial charge in [0.05, 0.1) is 12.6 Å². The molecule has 0 N–H and O–H groups in total. The number of likely N-dealkylation sites (N-methyl/N-ethyl adjacent to an activating group) is 1. The Morgan fingerprint density at radius 1 is 1.11 bits per heavy atom. The number of carbonyl (C=O) groups is 1. The van der Waals surface area contributed by atoms with Crippen LogP contribution >= 0.6 is 0 Å². The van der Waals surface area contributed by atoms with Gasteiger partial charge in [-0.3, -0.25) is 4.79 Å². The molecule has 0 unspecified atom stereocenters.